The molecule has 9 nitrogen and oxygen atoms in total. The molecule has 3 aliphatic carbocycles. The fraction of sp³-hybridized carbons (Fsp3) is 0. The van der Waals surface area contributed by atoms with Crippen LogP contribution < -0.4 is 14.7 Å². The van der Waals surface area contributed by atoms with Gasteiger partial charge in [-0.05, 0) is 170 Å². The molecule has 0 N–H and O–H groups in total. The van der Waals surface area contributed by atoms with Gasteiger partial charge in [0.1, 0.15) is 30.9 Å². The van der Waals surface area contributed by atoms with E-state index in [9.17, 15) is 15.8 Å². The number of rotatable bonds is 9. The number of allylic oxidation sites excluding steroid dienone is 2. The second kappa shape index (κ2) is 20.0. The Hall–Kier alpha value is -12.2. The lowest BCUT2D eigenvalue weighted by Crippen LogP contribution is -2.10. The van der Waals surface area contributed by atoms with Crippen LogP contribution in [-0.2, 0) is 0 Å². The molecule has 0 aliphatic heterocycles. The molecule has 0 radical (unpaired) electrons. The van der Waals surface area contributed by atoms with Crippen LogP contribution in [0.1, 0.15) is 33.4 Å². The number of benzene rings is 10. The summed E-state index contributed by atoms with van der Waals surface area (Å²) < 4.78 is 0. The van der Waals surface area contributed by atoms with Gasteiger partial charge in [-0.15, -0.1) is 0 Å². The van der Waals surface area contributed by atoms with Crippen molar-refractivity contribution in [3.8, 4) is 51.6 Å². The second-order valence-corrected chi connectivity index (χ2v) is 19.3. The van der Waals surface area contributed by atoms with Crippen LogP contribution in [0.5, 0.6) is 0 Å². The van der Waals surface area contributed by atoms with E-state index in [-0.39, 0.29) is 17.1 Å². The predicted molar refractivity (Wildman–Crippen MR) is 322 cm³/mol. The molecule has 0 spiro atoms. The molecule has 0 unspecified atom stereocenters. The molecular weight excluding hydrogens is 991 g/mol. The molecule has 372 valence electrons. The number of para-hydroxylation sites is 6. The first kappa shape index (κ1) is 48.4. The van der Waals surface area contributed by atoms with Gasteiger partial charge in [-0.3, -0.25) is 0 Å². The summed E-state index contributed by atoms with van der Waals surface area (Å²) in [4.78, 5) is 18.3. The van der Waals surface area contributed by atoms with Crippen molar-refractivity contribution in [3.63, 3.8) is 0 Å². The largest absolute Gasteiger partial charge is 0.527 e. The molecule has 0 saturated carbocycles. The van der Waals surface area contributed by atoms with Crippen molar-refractivity contribution >= 4 is 67.9 Å². The van der Waals surface area contributed by atoms with E-state index in [2.05, 4.69) is 47.4 Å². The highest BCUT2D eigenvalue weighted by Crippen LogP contribution is 2.66. The zero-order chi connectivity index (χ0) is 55.1. The Morgan fingerprint density at radius 1 is 0.284 bits per heavy atom. The van der Waals surface area contributed by atoms with Crippen molar-refractivity contribution < 1.29 is 0 Å². The molecular formula is C72H39N9. The lowest BCUT2D eigenvalue weighted by atomic mass is 9.83. The van der Waals surface area contributed by atoms with Gasteiger partial charge in [0, 0.05) is 67.9 Å². The van der Waals surface area contributed by atoms with E-state index in [1.807, 2.05) is 237 Å². The van der Waals surface area contributed by atoms with Crippen LogP contribution in [0.25, 0.3) is 64.6 Å². The zero-order valence-corrected chi connectivity index (χ0v) is 43.0. The fourth-order valence-corrected chi connectivity index (χ4v) is 12.0. The van der Waals surface area contributed by atoms with Crippen molar-refractivity contribution in [2.24, 2.45) is 0 Å². The minimum atomic E-state index is -0.189. The highest BCUT2D eigenvalue weighted by atomic mass is 15.2. The summed E-state index contributed by atoms with van der Waals surface area (Å²) in [5, 5.41) is 33.7. The summed E-state index contributed by atoms with van der Waals surface area (Å²) in [6, 6.07) is 84.8. The quantitative estimate of drug-likeness (QED) is 0.106. The van der Waals surface area contributed by atoms with E-state index in [1.165, 1.54) is 0 Å². The Balaban J connectivity index is 1.18. The summed E-state index contributed by atoms with van der Waals surface area (Å²) in [6.45, 7) is 26.2. The molecule has 0 bridgehead atoms. The maximum absolute atomic E-state index is 11.2. The van der Waals surface area contributed by atoms with Crippen molar-refractivity contribution in [1.29, 1.82) is 15.8 Å². The number of hydrogen-bond acceptors (Lipinski definition) is 6. The van der Waals surface area contributed by atoms with Crippen molar-refractivity contribution in [2.75, 3.05) is 14.7 Å². The molecule has 0 atom stereocenters. The average molecular weight is 1030 g/mol. The van der Waals surface area contributed by atoms with Crippen molar-refractivity contribution in [3.05, 3.63) is 321 Å². The van der Waals surface area contributed by atoms with Crippen LogP contribution in [-0.4, -0.2) is 0 Å². The zero-order valence-electron chi connectivity index (χ0n) is 43.0. The van der Waals surface area contributed by atoms with Crippen LogP contribution in [0.2, 0.25) is 0 Å². The third kappa shape index (κ3) is 7.72. The van der Waals surface area contributed by atoms with Gasteiger partial charge in [0.2, 0.25) is 0 Å². The number of hydrogen-bond donors (Lipinski definition) is 0. The summed E-state index contributed by atoms with van der Waals surface area (Å²) in [7, 11) is 0. The molecule has 10 aromatic rings. The molecule has 0 amide bonds. The minimum Gasteiger partial charge on any atom is -0.310 e. The van der Waals surface area contributed by atoms with Crippen LogP contribution in [0, 0.1) is 53.7 Å². The van der Waals surface area contributed by atoms with Gasteiger partial charge in [-0.25, -0.2) is 10.1 Å². The van der Waals surface area contributed by atoms with Gasteiger partial charge in [0.25, 0.3) is 5.70 Å². The SMILES string of the molecule is [C-]#[N+]C([N+]#[C-])=C1c2cc(N(c3ccccc3)c3ccccc3)ccc2-c2c3c(c4c(c21)-c1ccc(N(c2ccccc2)c2ccccc2)cc1/C4=C(/C#N)[N+]#[C-])-c1ccc(N(c2ccccc2)c2ccccc2)cc1C3=C(C#N)C#N. The van der Waals surface area contributed by atoms with Gasteiger partial charge in [0.15, 0.2) is 0 Å². The number of anilines is 9. The minimum absolute atomic E-state index is 0.152. The van der Waals surface area contributed by atoms with Gasteiger partial charge in [0.05, 0.1) is 18.2 Å². The molecule has 3 aliphatic rings. The molecule has 0 heterocycles. The first-order valence-corrected chi connectivity index (χ1v) is 26.0. The Kier molecular flexibility index (Phi) is 12.0. The van der Waals surface area contributed by atoms with Gasteiger partial charge in [-0.2, -0.15) is 20.2 Å². The van der Waals surface area contributed by atoms with Gasteiger partial charge in [-0.1, -0.05) is 127 Å². The Labute approximate surface area is 469 Å². The summed E-state index contributed by atoms with van der Waals surface area (Å²) in [5.41, 5.74) is 15.7. The Bertz CT molecular complexity index is 3960. The van der Waals surface area contributed by atoms with E-state index in [0.717, 1.165) is 51.2 Å². The van der Waals surface area contributed by atoms with Crippen LogP contribution in [0.3, 0.4) is 0 Å². The monoisotopic (exact) mass is 1030 g/mol. The third-order valence-corrected chi connectivity index (χ3v) is 15.1. The lowest BCUT2D eigenvalue weighted by Gasteiger charge is -2.26. The lowest BCUT2D eigenvalue weighted by molar-refractivity contribution is 1.28. The van der Waals surface area contributed by atoms with Crippen molar-refractivity contribution in [2.45, 2.75) is 0 Å². The van der Waals surface area contributed by atoms with Crippen LogP contribution in [0.15, 0.2) is 254 Å². The molecule has 81 heavy (non-hydrogen) atoms. The van der Waals surface area contributed by atoms with Gasteiger partial charge >= 0.3 is 5.82 Å². The predicted octanol–water partition coefficient (Wildman–Crippen LogP) is 18.6. The molecule has 0 aromatic heterocycles. The molecule has 9 heteroatoms. The highest BCUT2D eigenvalue weighted by Gasteiger charge is 2.46. The average Bonchev–Trinajstić information content (AvgIpc) is 3.92. The number of nitriles is 3. The third-order valence-electron chi connectivity index (χ3n) is 15.1. The van der Waals surface area contributed by atoms with Crippen molar-refractivity contribution in [1.82, 2.24) is 0 Å². The van der Waals surface area contributed by atoms with E-state index in [0.29, 0.717) is 83.5 Å². The molecule has 0 saturated heterocycles. The maximum atomic E-state index is 11.2. The molecule has 10 aromatic carbocycles. The smallest absolute Gasteiger partial charge is 0.310 e. The number of nitrogens with zero attached hydrogens (tertiary/aromatic N) is 9. The Morgan fingerprint density at radius 2 is 0.568 bits per heavy atom. The van der Waals surface area contributed by atoms with Crippen LogP contribution in [0.4, 0.5) is 51.2 Å². The van der Waals surface area contributed by atoms with E-state index >= 15 is 0 Å². The van der Waals surface area contributed by atoms with Crippen LogP contribution >= 0.6 is 0 Å². The second-order valence-electron chi connectivity index (χ2n) is 19.3. The van der Waals surface area contributed by atoms with E-state index < -0.39 is 0 Å². The molecule has 0 fully saturated rings. The maximum Gasteiger partial charge on any atom is 0.527 e. The normalized spacial score (nSPS) is 12.2. The standard InChI is InChI=1S/C72H39N9/c1-76-62(45-75)64-60-41-54(80(49-26-14-6-15-27-49)50-28-16-7-17-29-50)35-38-57(60)67-70(64)65-56-37-34-53(79(47-22-10-4-11-23-47)48-24-12-5-13-25-48)40-59(56)63(46(43-73)44-74)69(65)66-58-39-36-55(42-61(58)68(71(66)67)72(77-2)78-3)81(51-30-18-8-19-31-51)52-32-20-9-21-33-52/h4-42H/b64-62+. The first-order valence-electron chi connectivity index (χ1n) is 26.0. The Morgan fingerprint density at radius 3 is 0.852 bits per heavy atom. The summed E-state index contributed by atoms with van der Waals surface area (Å²) in [5.74, 6) is -0.189. The fourth-order valence-electron chi connectivity index (χ4n) is 12.0. The molecule has 13 rings (SSSR count). The van der Waals surface area contributed by atoms with Gasteiger partial charge < -0.3 is 14.7 Å². The van der Waals surface area contributed by atoms with E-state index in [4.69, 9.17) is 19.7 Å². The topological polar surface area (TPSA) is 94.2 Å². The number of fused-ring (bicyclic) bond motifs is 12. The van der Waals surface area contributed by atoms with E-state index in [1.54, 1.807) is 0 Å². The summed E-state index contributed by atoms with van der Waals surface area (Å²) >= 11 is 0. The first-order chi connectivity index (χ1) is 40.0. The summed E-state index contributed by atoms with van der Waals surface area (Å²) in [6.07, 6.45) is 0. The highest BCUT2D eigenvalue weighted by molar-refractivity contribution is 6.25.